The molecule has 110 valence electrons. The van der Waals surface area contributed by atoms with Crippen LogP contribution in [-0.4, -0.2) is 44.5 Å². The summed E-state index contributed by atoms with van der Waals surface area (Å²) in [6.07, 6.45) is 2.18. The Bertz CT molecular complexity index is 430. The SMILES string of the molecule is CCC(NC(=O)OC)c1ccc(N2CCOCC2)nc1. The molecule has 0 bridgehead atoms. The third-order valence-electron chi connectivity index (χ3n) is 3.39. The number of hydrogen-bond donors (Lipinski definition) is 1. The van der Waals surface area contributed by atoms with Gasteiger partial charge in [0.1, 0.15) is 5.82 Å². The molecule has 1 unspecified atom stereocenters. The summed E-state index contributed by atoms with van der Waals surface area (Å²) in [4.78, 5) is 18.0. The summed E-state index contributed by atoms with van der Waals surface area (Å²) in [5, 5.41) is 2.80. The minimum Gasteiger partial charge on any atom is -0.453 e. The van der Waals surface area contributed by atoms with Crippen LogP contribution >= 0.6 is 0 Å². The number of methoxy groups -OCH3 is 1. The van der Waals surface area contributed by atoms with E-state index in [4.69, 9.17) is 4.74 Å². The van der Waals surface area contributed by atoms with Crippen LogP contribution in [0.2, 0.25) is 0 Å². The Hall–Kier alpha value is -1.82. The van der Waals surface area contributed by atoms with E-state index in [2.05, 4.69) is 19.9 Å². The molecule has 0 aliphatic carbocycles. The fourth-order valence-corrected chi connectivity index (χ4v) is 2.21. The van der Waals surface area contributed by atoms with Crippen molar-refractivity contribution in [3.8, 4) is 0 Å². The maximum absolute atomic E-state index is 11.3. The van der Waals surface area contributed by atoms with Gasteiger partial charge < -0.3 is 19.7 Å². The van der Waals surface area contributed by atoms with Crippen LogP contribution in [0.25, 0.3) is 0 Å². The first-order chi connectivity index (χ1) is 9.74. The van der Waals surface area contributed by atoms with E-state index in [1.165, 1.54) is 7.11 Å². The number of carbonyl (C=O) groups is 1. The molecule has 6 nitrogen and oxygen atoms in total. The van der Waals surface area contributed by atoms with Gasteiger partial charge in [-0.2, -0.15) is 0 Å². The number of nitrogens with one attached hydrogen (secondary N) is 1. The van der Waals surface area contributed by atoms with E-state index in [1.807, 2.05) is 25.3 Å². The van der Waals surface area contributed by atoms with Crippen molar-refractivity contribution >= 4 is 11.9 Å². The van der Waals surface area contributed by atoms with Gasteiger partial charge in [0.2, 0.25) is 0 Å². The molecule has 2 rings (SSSR count). The van der Waals surface area contributed by atoms with Gasteiger partial charge in [0, 0.05) is 19.3 Å². The summed E-state index contributed by atoms with van der Waals surface area (Å²) < 4.78 is 9.96. The van der Waals surface area contributed by atoms with Gasteiger partial charge in [-0.15, -0.1) is 0 Å². The Morgan fingerprint density at radius 1 is 1.50 bits per heavy atom. The number of pyridine rings is 1. The van der Waals surface area contributed by atoms with Crippen molar-refractivity contribution in [2.45, 2.75) is 19.4 Å². The van der Waals surface area contributed by atoms with Crippen molar-refractivity contribution in [3.63, 3.8) is 0 Å². The number of amides is 1. The van der Waals surface area contributed by atoms with E-state index < -0.39 is 6.09 Å². The molecule has 20 heavy (non-hydrogen) atoms. The lowest BCUT2D eigenvalue weighted by molar-refractivity contribution is 0.122. The van der Waals surface area contributed by atoms with Crippen molar-refractivity contribution in [2.24, 2.45) is 0 Å². The van der Waals surface area contributed by atoms with Gasteiger partial charge in [-0.25, -0.2) is 9.78 Å². The smallest absolute Gasteiger partial charge is 0.407 e. The van der Waals surface area contributed by atoms with Crippen LogP contribution in [0.15, 0.2) is 18.3 Å². The van der Waals surface area contributed by atoms with E-state index in [-0.39, 0.29) is 6.04 Å². The normalized spacial score (nSPS) is 16.6. The Morgan fingerprint density at radius 2 is 2.25 bits per heavy atom. The van der Waals surface area contributed by atoms with E-state index in [0.29, 0.717) is 0 Å². The molecule has 1 aliphatic rings. The predicted molar refractivity (Wildman–Crippen MR) is 75.8 cm³/mol. The maximum Gasteiger partial charge on any atom is 0.407 e. The number of anilines is 1. The average molecular weight is 279 g/mol. The Kier molecular flexibility index (Phi) is 5.17. The van der Waals surface area contributed by atoms with Crippen LogP contribution in [0.3, 0.4) is 0 Å². The average Bonchev–Trinajstić information content (AvgIpc) is 2.53. The van der Waals surface area contributed by atoms with Gasteiger partial charge in [-0.05, 0) is 18.1 Å². The summed E-state index contributed by atoms with van der Waals surface area (Å²) in [5.41, 5.74) is 0.981. The standard InChI is InChI=1S/C14H21N3O3/c1-3-12(16-14(18)19-2)11-4-5-13(15-10-11)17-6-8-20-9-7-17/h4-5,10,12H,3,6-9H2,1-2H3,(H,16,18). The highest BCUT2D eigenvalue weighted by molar-refractivity contribution is 5.67. The third kappa shape index (κ3) is 3.60. The lowest BCUT2D eigenvalue weighted by Crippen LogP contribution is -2.36. The van der Waals surface area contributed by atoms with E-state index in [9.17, 15) is 4.79 Å². The molecule has 0 spiro atoms. The van der Waals surface area contributed by atoms with Crippen LogP contribution in [0.1, 0.15) is 24.9 Å². The molecule has 1 aromatic heterocycles. The largest absolute Gasteiger partial charge is 0.453 e. The van der Waals surface area contributed by atoms with E-state index >= 15 is 0 Å². The highest BCUT2D eigenvalue weighted by Crippen LogP contribution is 2.19. The van der Waals surface area contributed by atoms with Crippen LogP contribution in [0.5, 0.6) is 0 Å². The number of hydrogen-bond acceptors (Lipinski definition) is 5. The number of rotatable bonds is 4. The Labute approximate surface area is 119 Å². The first-order valence-corrected chi connectivity index (χ1v) is 6.87. The minimum absolute atomic E-state index is 0.0753. The highest BCUT2D eigenvalue weighted by Gasteiger charge is 2.15. The molecule has 2 heterocycles. The second-order valence-corrected chi connectivity index (χ2v) is 4.65. The lowest BCUT2D eigenvalue weighted by atomic mass is 10.1. The first-order valence-electron chi connectivity index (χ1n) is 6.87. The number of morpholine rings is 1. The molecule has 1 N–H and O–H groups in total. The first kappa shape index (κ1) is 14.6. The summed E-state index contributed by atoms with van der Waals surface area (Å²) in [7, 11) is 1.36. The molecule has 1 aliphatic heterocycles. The number of ether oxygens (including phenoxy) is 2. The van der Waals surface area contributed by atoms with Crippen molar-refractivity contribution in [1.82, 2.24) is 10.3 Å². The molecule has 0 radical (unpaired) electrons. The van der Waals surface area contributed by atoms with Gasteiger partial charge in [0.05, 0.1) is 26.4 Å². The second kappa shape index (κ2) is 7.09. The molecule has 1 saturated heterocycles. The van der Waals surface area contributed by atoms with Crippen LogP contribution < -0.4 is 10.2 Å². The van der Waals surface area contributed by atoms with Crippen molar-refractivity contribution in [3.05, 3.63) is 23.9 Å². The lowest BCUT2D eigenvalue weighted by Gasteiger charge is -2.28. The predicted octanol–water partition coefficient (Wildman–Crippen LogP) is 1.73. The van der Waals surface area contributed by atoms with Crippen molar-refractivity contribution in [1.29, 1.82) is 0 Å². The number of alkyl carbamates (subject to hydrolysis) is 1. The van der Waals surface area contributed by atoms with Gasteiger partial charge >= 0.3 is 6.09 Å². The molecule has 0 saturated carbocycles. The minimum atomic E-state index is -0.422. The summed E-state index contributed by atoms with van der Waals surface area (Å²) in [5.74, 6) is 0.949. The van der Waals surface area contributed by atoms with Gasteiger partial charge in [-0.3, -0.25) is 0 Å². The topological polar surface area (TPSA) is 63.7 Å². The summed E-state index contributed by atoms with van der Waals surface area (Å²) in [6, 6.07) is 3.91. The van der Waals surface area contributed by atoms with Crippen LogP contribution in [0.4, 0.5) is 10.6 Å². The quantitative estimate of drug-likeness (QED) is 0.909. The van der Waals surface area contributed by atoms with E-state index in [0.717, 1.165) is 44.1 Å². The summed E-state index contributed by atoms with van der Waals surface area (Å²) >= 11 is 0. The van der Waals surface area contributed by atoms with Gasteiger partial charge in [0.15, 0.2) is 0 Å². The Balaban J connectivity index is 2.03. The number of nitrogens with zero attached hydrogens (tertiary/aromatic N) is 2. The molecule has 1 fully saturated rings. The van der Waals surface area contributed by atoms with Crippen molar-refractivity contribution in [2.75, 3.05) is 38.3 Å². The van der Waals surface area contributed by atoms with Crippen LogP contribution in [-0.2, 0) is 9.47 Å². The van der Waals surface area contributed by atoms with Crippen molar-refractivity contribution < 1.29 is 14.3 Å². The highest BCUT2D eigenvalue weighted by atomic mass is 16.5. The third-order valence-corrected chi connectivity index (χ3v) is 3.39. The van der Waals surface area contributed by atoms with E-state index in [1.54, 1.807) is 0 Å². The molecular formula is C14H21N3O3. The molecule has 0 aromatic carbocycles. The molecule has 1 aromatic rings. The zero-order valence-corrected chi connectivity index (χ0v) is 12.0. The zero-order chi connectivity index (χ0) is 14.4. The van der Waals surface area contributed by atoms with Gasteiger partial charge in [-0.1, -0.05) is 13.0 Å². The second-order valence-electron chi connectivity index (χ2n) is 4.65. The zero-order valence-electron chi connectivity index (χ0n) is 12.0. The molecular weight excluding hydrogens is 258 g/mol. The number of aromatic nitrogens is 1. The maximum atomic E-state index is 11.3. The molecule has 1 atom stereocenters. The monoisotopic (exact) mass is 279 g/mol. The Morgan fingerprint density at radius 3 is 2.80 bits per heavy atom. The number of carbonyl (C=O) groups excluding carboxylic acids is 1. The molecule has 1 amide bonds. The van der Waals surface area contributed by atoms with Crippen LogP contribution in [0, 0.1) is 0 Å². The fraction of sp³-hybridized carbons (Fsp3) is 0.571. The summed E-state index contributed by atoms with van der Waals surface area (Å²) in [6.45, 7) is 5.22. The molecule has 6 heteroatoms. The fourth-order valence-electron chi connectivity index (χ4n) is 2.21. The van der Waals surface area contributed by atoms with Gasteiger partial charge in [0.25, 0.3) is 0 Å².